The molecule has 3 nitrogen and oxygen atoms in total. The van der Waals surface area contributed by atoms with E-state index in [1.807, 2.05) is 42.5 Å². The summed E-state index contributed by atoms with van der Waals surface area (Å²) in [6, 6.07) is 15.3. The maximum atomic E-state index is 11.4. The number of rotatable bonds is 4. The number of carbonyl (C=O) groups is 1. The molecule has 0 aromatic heterocycles. The molecule has 0 unspecified atom stereocenters. The van der Waals surface area contributed by atoms with E-state index in [4.69, 9.17) is 17.3 Å². The monoisotopic (exact) mass is 274 g/mol. The second-order valence-corrected chi connectivity index (χ2v) is 4.55. The van der Waals surface area contributed by atoms with Gasteiger partial charge in [-0.3, -0.25) is 4.79 Å². The summed E-state index contributed by atoms with van der Waals surface area (Å²) in [6.07, 6.45) is 0.304. The lowest BCUT2D eigenvalue weighted by atomic mass is 10.1. The van der Waals surface area contributed by atoms with Crippen molar-refractivity contribution in [2.45, 2.75) is 6.42 Å². The van der Waals surface area contributed by atoms with Gasteiger partial charge in [-0.05, 0) is 17.7 Å². The molecular weight excluding hydrogens is 260 g/mol. The predicted molar refractivity (Wildman–Crippen MR) is 79.2 cm³/mol. The van der Waals surface area contributed by atoms with E-state index in [1.165, 1.54) is 0 Å². The Morgan fingerprint density at radius 3 is 2.53 bits per heavy atom. The molecule has 2 aromatic rings. The molecule has 2 rings (SSSR count). The molecule has 98 valence electrons. The molecule has 0 bridgehead atoms. The molecule has 0 aliphatic heterocycles. The molecular formula is C15H15ClN2O. The van der Waals surface area contributed by atoms with Gasteiger partial charge in [-0.2, -0.15) is 0 Å². The first-order valence-corrected chi connectivity index (χ1v) is 6.43. The van der Waals surface area contributed by atoms with Crippen LogP contribution in [0, 0.1) is 0 Å². The third-order valence-corrected chi connectivity index (χ3v) is 3.02. The number of anilines is 1. The molecule has 2 aromatic carbocycles. The molecule has 0 spiro atoms. The van der Waals surface area contributed by atoms with Crippen molar-refractivity contribution in [3.8, 4) is 11.1 Å². The molecule has 0 radical (unpaired) electrons. The fourth-order valence-electron chi connectivity index (χ4n) is 1.80. The lowest BCUT2D eigenvalue weighted by molar-refractivity contribution is -0.116. The van der Waals surface area contributed by atoms with Crippen LogP contribution in [0.25, 0.3) is 11.1 Å². The van der Waals surface area contributed by atoms with E-state index in [0.717, 1.165) is 11.1 Å². The lowest BCUT2D eigenvalue weighted by Crippen LogP contribution is -2.16. The van der Waals surface area contributed by atoms with E-state index in [1.54, 1.807) is 6.07 Å². The topological polar surface area (TPSA) is 55.1 Å². The Kier molecular flexibility index (Phi) is 4.55. The number of amides is 1. The number of halogens is 1. The molecule has 0 heterocycles. The summed E-state index contributed by atoms with van der Waals surface area (Å²) in [4.78, 5) is 11.4. The summed E-state index contributed by atoms with van der Waals surface area (Å²) in [5.74, 6) is -0.106. The maximum absolute atomic E-state index is 11.4. The molecule has 0 saturated carbocycles. The number of benzene rings is 2. The van der Waals surface area contributed by atoms with Crippen molar-refractivity contribution in [2.75, 3.05) is 11.9 Å². The molecule has 0 aliphatic rings. The van der Waals surface area contributed by atoms with Crippen molar-refractivity contribution in [3.63, 3.8) is 0 Å². The van der Waals surface area contributed by atoms with Gasteiger partial charge in [0, 0.05) is 24.2 Å². The average Bonchev–Trinajstić information content (AvgIpc) is 2.40. The Hall–Kier alpha value is -1.84. The molecule has 1 amide bonds. The minimum absolute atomic E-state index is 0.106. The van der Waals surface area contributed by atoms with Crippen LogP contribution in [-0.4, -0.2) is 12.5 Å². The van der Waals surface area contributed by atoms with E-state index < -0.39 is 0 Å². The zero-order chi connectivity index (χ0) is 13.7. The Labute approximate surface area is 117 Å². The number of nitrogens with two attached hydrogens (primary N) is 1. The van der Waals surface area contributed by atoms with Crippen molar-refractivity contribution in [2.24, 2.45) is 5.73 Å². The average molecular weight is 275 g/mol. The normalized spacial score (nSPS) is 10.2. The Balaban J connectivity index is 2.20. The first-order valence-electron chi connectivity index (χ1n) is 6.05. The zero-order valence-electron chi connectivity index (χ0n) is 10.4. The number of nitrogens with one attached hydrogen (secondary N) is 1. The van der Waals surface area contributed by atoms with Crippen LogP contribution < -0.4 is 11.1 Å². The Morgan fingerprint density at radius 2 is 1.89 bits per heavy atom. The summed E-state index contributed by atoms with van der Waals surface area (Å²) in [7, 11) is 0. The van der Waals surface area contributed by atoms with Crippen LogP contribution in [0.4, 0.5) is 5.69 Å². The van der Waals surface area contributed by atoms with Crippen molar-refractivity contribution < 1.29 is 4.79 Å². The summed E-state index contributed by atoms with van der Waals surface area (Å²) in [5.41, 5.74) is 8.00. The molecule has 4 heteroatoms. The van der Waals surface area contributed by atoms with Crippen LogP contribution >= 0.6 is 11.6 Å². The van der Waals surface area contributed by atoms with Crippen molar-refractivity contribution in [1.82, 2.24) is 0 Å². The van der Waals surface area contributed by atoms with Gasteiger partial charge in [0.1, 0.15) is 0 Å². The van der Waals surface area contributed by atoms with Gasteiger partial charge in [0.25, 0.3) is 0 Å². The van der Waals surface area contributed by atoms with Gasteiger partial charge in [-0.1, -0.05) is 48.0 Å². The highest BCUT2D eigenvalue weighted by Gasteiger charge is 2.06. The summed E-state index contributed by atoms with van der Waals surface area (Å²) in [5, 5.41) is 3.37. The minimum atomic E-state index is -0.106. The Bertz CT molecular complexity index is 570. The standard InChI is InChI=1S/C15H15ClN2O/c16-14-10-12(18-15(19)8-9-17)6-7-13(14)11-4-2-1-3-5-11/h1-7,10H,8-9,17H2,(H,18,19). The van der Waals surface area contributed by atoms with E-state index in [2.05, 4.69) is 5.32 Å². The largest absolute Gasteiger partial charge is 0.330 e. The summed E-state index contributed by atoms with van der Waals surface area (Å²) in [6.45, 7) is 0.335. The number of hydrogen-bond donors (Lipinski definition) is 2. The molecule has 0 aliphatic carbocycles. The van der Waals surface area contributed by atoms with Crippen LogP contribution in [0.1, 0.15) is 6.42 Å². The van der Waals surface area contributed by atoms with Gasteiger partial charge >= 0.3 is 0 Å². The second-order valence-electron chi connectivity index (χ2n) is 4.15. The van der Waals surface area contributed by atoms with Gasteiger partial charge in [0.2, 0.25) is 5.91 Å². The highest BCUT2D eigenvalue weighted by molar-refractivity contribution is 6.33. The first kappa shape index (κ1) is 13.6. The van der Waals surface area contributed by atoms with Gasteiger partial charge in [0.15, 0.2) is 0 Å². The van der Waals surface area contributed by atoms with Crippen LogP contribution in [-0.2, 0) is 4.79 Å². The second kappa shape index (κ2) is 6.36. The predicted octanol–water partition coefficient (Wildman–Crippen LogP) is 3.29. The van der Waals surface area contributed by atoms with Gasteiger partial charge in [-0.25, -0.2) is 0 Å². The van der Waals surface area contributed by atoms with E-state index >= 15 is 0 Å². The summed E-state index contributed by atoms with van der Waals surface area (Å²) < 4.78 is 0. The Morgan fingerprint density at radius 1 is 1.16 bits per heavy atom. The summed E-state index contributed by atoms with van der Waals surface area (Å²) >= 11 is 6.25. The minimum Gasteiger partial charge on any atom is -0.330 e. The van der Waals surface area contributed by atoms with Crippen molar-refractivity contribution in [3.05, 3.63) is 53.6 Å². The van der Waals surface area contributed by atoms with Crippen LogP contribution in [0.3, 0.4) is 0 Å². The quantitative estimate of drug-likeness (QED) is 0.899. The fraction of sp³-hybridized carbons (Fsp3) is 0.133. The fourth-order valence-corrected chi connectivity index (χ4v) is 2.09. The smallest absolute Gasteiger partial charge is 0.225 e. The van der Waals surface area contributed by atoms with Gasteiger partial charge in [0.05, 0.1) is 5.02 Å². The van der Waals surface area contributed by atoms with E-state index in [0.29, 0.717) is 23.7 Å². The molecule has 19 heavy (non-hydrogen) atoms. The van der Waals surface area contributed by atoms with E-state index in [-0.39, 0.29) is 5.91 Å². The molecule has 0 fully saturated rings. The van der Waals surface area contributed by atoms with Crippen molar-refractivity contribution >= 4 is 23.2 Å². The molecule has 0 atom stereocenters. The lowest BCUT2D eigenvalue weighted by Gasteiger charge is -2.08. The highest BCUT2D eigenvalue weighted by Crippen LogP contribution is 2.30. The van der Waals surface area contributed by atoms with Crippen LogP contribution in [0.2, 0.25) is 5.02 Å². The molecule has 3 N–H and O–H groups in total. The van der Waals surface area contributed by atoms with E-state index in [9.17, 15) is 4.79 Å². The highest BCUT2D eigenvalue weighted by atomic mass is 35.5. The molecule has 0 saturated heterocycles. The van der Waals surface area contributed by atoms with Crippen LogP contribution in [0.15, 0.2) is 48.5 Å². The SMILES string of the molecule is NCCC(=O)Nc1ccc(-c2ccccc2)c(Cl)c1. The third kappa shape index (κ3) is 3.56. The number of carbonyl (C=O) groups excluding carboxylic acids is 1. The van der Waals surface area contributed by atoms with Crippen molar-refractivity contribution in [1.29, 1.82) is 0 Å². The third-order valence-electron chi connectivity index (χ3n) is 2.71. The number of hydrogen-bond acceptors (Lipinski definition) is 2. The van der Waals surface area contributed by atoms with Gasteiger partial charge in [-0.15, -0.1) is 0 Å². The maximum Gasteiger partial charge on any atom is 0.225 e. The first-order chi connectivity index (χ1) is 9.20. The van der Waals surface area contributed by atoms with Gasteiger partial charge < -0.3 is 11.1 Å². The zero-order valence-corrected chi connectivity index (χ0v) is 11.2. The van der Waals surface area contributed by atoms with Crippen LogP contribution in [0.5, 0.6) is 0 Å².